The molecule has 1 aliphatic rings. The Bertz CT molecular complexity index is 666. The van der Waals surface area contributed by atoms with Crippen LogP contribution in [-0.2, 0) is 9.84 Å². The summed E-state index contributed by atoms with van der Waals surface area (Å²) in [6.45, 7) is 3.24. The summed E-state index contributed by atoms with van der Waals surface area (Å²) in [7, 11) is -3.00. The molecule has 0 aromatic heterocycles. The third kappa shape index (κ3) is 5.27. The number of nitrogens with zero attached hydrogens (tertiary/aromatic N) is 1. The molecular weight excluding hydrogens is 352 g/mol. The van der Waals surface area contributed by atoms with Crippen LogP contribution in [-0.4, -0.2) is 56.6 Å². The van der Waals surface area contributed by atoms with Gasteiger partial charge in [0.2, 0.25) is 0 Å². The number of para-hydroxylation sites is 1. The molecule has 2 rings (SSSR count). The zero-order chi connectivity index (χ0) is 17.6. The molecule has 1 fully saturated rings. The third-order valence-electron chi connectivity index (χ3n) is 3.94. The number of hydrogen-bond acceptors (Lipinski definition) is 4. The summed E-state index contributed by atoms with van der Waals surface area (Å²) >= 11 is 5.99. The van der Waals surface area contributed by atoms with E-state index in [0.29, 0.717) is 43.3 Å². The van der Waals surface area contributed by atoms with Gasteiger partial charge >= 0.3 is 6.03 Å². The Morgan fingerprint density at radius 2 is 2.17 bits per heavy atom. The molecule has 0 radical (unpaired) electrons. The lowest BCUT2D eigenvalue weighted by molar-refractivity contribution is 0.183. The van der Waals surface area contributed by atoms with Crippen LogP contribution < -0.4 is 10.1 Å². The minimum atomic E-state index is -3.00. The fraction of sp³-hybridized carbons (Fsp3) is 0.562. The summed E-state index contributed by atoms with van der Waals surface area (Å²) in [5, 5.41) is 3.37. The van der Waals surface area contributed by atoms with Crippen molar-refractivity contribution in [3.63, 3.8) is 0 Å². The van der Waals surface area contributed by atoms with E-state index in [0.717, 1.165) is 0 Å². The monoisotopic (exact) mass is 374 g/mol. The summed E-state index contributed by atoms with van der Waals surface area (Å²) in [5.41, 5.74) is 0. The van der Waals surface area contributed by atoms with Gasteiger partial charge in [-0.2, -0.15) is 0 Å². The largest absolute Gasteiger partial charge is 0.492 e. The molecular formula is C16H23ClN2O4S. The van der Waals surface area contributed by atoms with Gasteiger partial charge in [-0.25, -0.2) is 13.2 Å². The molecule has 0 spiro atoms. The Kier molecular flexibility index (Phi) is 6.74. The summed E-state index contributed by atoms with van der Waals surface area (Å²) in [6, 6.07) is 6.78. The molecule has 0 aliphatic carbocycles. The average molecular weight is 375 g/mol. The van der Waals surface area contributed by atoms with E-state index in [1.54, 1.807) is 17.0 Å². The number of ether oxygens (including phenoxy) is 1. The minimum absolute atomic E-state index is 0.0594. The van der Waals surface area contributed by atoms with Gasteiger partial charge in [0.05, 0.1) is 23.1 Å². The molecule has 1 aromatic carbocycles. The molecule has 24 heavy (non-hydrogen) atoms. The number of sulfone groups is 1. The maximum atomic E-state index is 12.2. The van der Waals surface area contributed by atoms with Gasteiger partial charge in [-0.3, -0.25) is 0 Å². The van der Waals surface area contributed by atoms with Crippen LogP contribution >= 0.6 is 11.6 Å². The molecule has 1 N–H and O–H groups in total. The fourth-order valence-electron chi connectivity index (χ4n) is 2.70. The Labute approximate surface area is 148 Å². The van der Waals surface area contributed by atoms with Gasteiger partial charge in [0.1, 0.15) is 5.75 Å². The highest BCUT2D eigenvalue weighted by Gasteiger charge is 2.33. The van der Waals surface area contributed by atoms with Gasteiger partial charge in [0.15, 0.2) is 9.84 Å². The summed E-state index contributed by atoms with van der Waals surface area (Å²) < 4.78 is 28.7. The highest BCUT2D eigenvalue weighted by atomic mass is 35.5. The predicted octanol–water partition coefficient (Wildman–Crippen LogP) is 2.33. The van der Waals surface area contributed by atoms with Gasteiger partial charge in [-0.15, -0.1) is 0 Å². The number of hydrogen-bond donors (Lipinski definition) is 1. The van der Waals surface area contributed by atoms with E-state index in [9.17, 15) is 13.2 Å². The lowest BCUT2D eigenvalue weighted by atomic mass is 10.2. The Balaban J connectivity index is 1.71. The number of nitrogens with one attached hydrogen (secondary N) is 1. The van der Waals surface area contributed by atoms with Crippen LogP contribution in [0.25, 0.3) is 0 Å². The normalized spacial score (nSPS) is 19.0. The van der Waals surface area contributed by atoms with Crippen LogP contribution in [0.1, 0.15) is 19.8 Å². The molecule has 0 saturated carbocycles. The Morgan fingerprint density at radius 3 is 2.79 bits per heavy atom. The van der Waals surface area contributed by atoms with Crippen molar-refractivity contribution < 1.29 is 17.9 Å². The highest BCUT2D eigenvalue weighted by Crippen LogP contribution is 2.23. The van der Waals surface area contributed by atoms with Gasteiger partial charge in [-0.05, 0) is 31.9 Å². The Morgan fingerprint density at radius 1 is 1.42 bits per heavy atom. The molecule has 2 amide bonds. The van der Waals surface area contributed by atoms with Crippen molar-refractivity contribution in [2.45, 2.75) is 25.8 Å². The van der Waals surface area contributed by atoms with Crippen LogP contribution in [0.4, 0.5) is 4.79 Å². The summed E-state index contributed by atoms with van der Waals surface area (Å²) in [5.74, 6) is 0.841. The summed E-state index contributed by atoms with van der Waals surface area (Å²) in [4.78, 5) is 13.8. The second kappa shape index (κ2) is 8.58. The predicted molar refractivity (Wildman–Crippen MR) is 94.4 cm³/mol. The maximum Gasteiger partial charge on any atom is 0.317 e. The van der Waals surface area contributed by atoms with Crippen LogP contribution in [0.3, 0.4) is 0 Å². The quantitative estimate of drug-likeness (QED) is 0.743. The second-order valence-electron chi connectivity index (χ2n) is 5.71. The van der Waals surface area contributed by atoms with Gasteiger partial charge in [0.25, 0.3) is 0 Å². The van der Waals surface area contributed by atoms with E-state index in [4.69, 9.17) is 16.3 Å². The molecule has 1 aromatic rings. The Hall–Kier alpha value is -1.47. The van der Waals surface area contributed by atoms with E-state index in [1.165, 1.54) is 0 Å². The van der Waals surface area contributed by atoms with Crippen molar-refractivity contribution in [1.82, 2.24) is 10.2 Å². The standard InChI is InChI=1S/C16H23ClN2O4S/c1-2-19(13-8-11-24(21,22)12-13)16(20)18-9-5-10-23-15-7-4-3-6-14(15)17/h3-4,6-7,13H,2,5,8-12H2,1H3,(H,18,20). The second-order valence-corrected chi connectivity index (χ2v) is 8.34. The highest BCUT2D eigenvalue weighted by molar-refractivity contribution is 7.91. The van der Waals surface area contributed by atoms with Crippen molar-refractivity contribution in [3.8, 4) is 5.75 Å². The smallest absolute Gasteiger partial charge is 0.317 e. The first-order valence-corrected chi connectivity index (χ1v) is 10.2. The van der Waals surface area contributed by atoms with Crippen molar-refractivity contribution >= 4 is 27.5 Å². The molecule has 6 nitrogen and oxygen atoms in total. The van der Waals surface area contributed by atoms with E-state index in [2.05, 4.69) is 5.32 Å². The molecule has 1 unspecified atom stereocenters. The van der Waals surface area contributed by atoms with Gasteiger partial charge in [-0.1, -0.05) is 23.7 Å². The molecule has 8 heteroatoms. The van der Waals surface area contributed by atoms with Gasteiger partial charge < -0.3 is 15.0 Å². The molecule has 134 valence electrons. The van der Waals surface area contributed by atoms with Gasteiger partial charge in [0, 0.05) is 19.1 Å². The van der Waals surface area contributed by atoms with Crippen LogP contribution in [0.5, 0.6) is 5.75 Å². The van der Waals surface area contributed by atoms with Crippen molar-refractivity contribution in [3.05, 3.63) is 29.3 Å². The average Bonchev–Trinajstić information content (AvgIpc) is 2.89. The molecule has 0 bridgehead atoms. The lowest BCUT2D eigenvalue weighted by Crippen LogP contribution is -2.47. The van der Waals surface area contributed by atoms with E-state index in [-0.39, 0.29) is 23.6 Å². The number of urea groups is 1. The third-order valence-corrected chi connectivity index (χ3v) is 6.00. The molecule has 1 aliphatic heterocycles. The number of halogens is 1. The van der Waals surface area contributed by atoms with E-state index >= 15 is 0 Å². The number of benzene rings is 1. The van der Waals surface area contributed by atoms with E-state index in [1.807, 2.05) is 19.1 Å². The minimum Gasteiger partial charge on any atom is -0.492 e. The van der Waals surface area contributed by atoms with E-state index < -0.39 is 9.84 Å². The molecule has 1 atom stereocenters. The van der Waals surface area contributed by atoms with Crippen molar-refractivity contribution in [2.75, 3.05) is 31.2 Å². The van der Waals surface area contributed by atoms with Crippen molar-refractivity contribution in [1.29, 1.82) is 0 Å². The first-order chi connectivity index (χ1) is 11.4. The first-order valence-electron chi connectivity index (χ1n) is 8.05. The first kappa shape index (κ1) is 18.9. The lowest BCUT2D eigenvalue weighted by Gasteiger charge is -2.27. The SMILES string of the molecule is CCN(C(=O)NCCCOc1ccccc1Cl)C1CCS(=O)(=O)C1. The number of rotatable bonds is 7. The molecule has 1 saturated heterocycles. The van der Waals surface area contributed by atoms with Crippen LogP contribution in [0.15, 0.2) is 24.3 Å². The summed E-state index contributed by atoms with van der Waals surface area (Å²) in [6.07, 6.45) is 1.15. The van der Waals surface area contributed by atoms with Crippen LogP contribution in [0, 0.1) is 0 Å². The fourth-order valence-corrected chi connectivity index (χ4v) is 4.62. The van der Waals surface area contributed by atoms with Crippen LogP contribution in [0.2, 0.25) is 5.02 Å². The zero-order valence-corrected chi connectivity index (χ0v) is 15.3. The number of amides is 2. The maximum absolute atomic E-state index is 12.2. The zero-order valence-electron chi connectivity index (χ0n) is 13.7. The molecule has 1 heterocycles. The number of carbonyl (C=O) groups excluding carboxylic acids is 1. The van der Waals surface area contributed by atoms with Crippen molar-refractivity contribution in [2.24, 2.45) is 0 Å². The number of carbonyl (C=O) groups is 1. The topological polar surface area (TPSA) is 75.7 Å².